The van der Waals surface area contributed by atoms with Crippen molar-refractivity contribution in [3.63, 3.8) is 0 Å². The third-order valence-electron chi connectivity index (χ3n) is 3.32. The summed E-state index contributed by atoms with van der Waals surface area (Å²) in [5, 5.41) is 3.81. The Hall–Kier alpha value is -0.120. The monoisotopic (exact) mass is 316 g/mol. The number of alkyl halides is 1. The number of rotatable bonds is 4. The van der Waals surface area contributed by atoms with Crippen molar-refractivity contribution in [3.05, 3.63) is 28.5 Å². The fourth-order valence-electron chi connectivity index (χ4n) is 2.29. The van der Waals surface area contributed by atoms with E-state index in [-0.39, 0.29) is 0 Å². The highest BCUT2D eigenvalue weighted by Gasteiger charge is 2.22. The molecule has 0 radical (unpaired) electrons. The lowest BCUT2D eigenvalue weighted by Crippen LogP contribution is -2.31. The van der Waals surface area contributed by atoms with E-state index in [0.29, 0.717) is 11.3 Å². The molecule has 94 valence electrons. The number of aromatic nitrogens is 1. The van der Waals surface area contributed by atoms with Gasteiger partial charge in [-0.1, -0.05) is 12.8 Å². The number of hydrogen-bond acceptors (Lipinski definition) is 2. The van der Waals surface area contributed by atoms with E-state index < -0.39 is 0 Å². The summed E-state index contributed by atoms with van der Waals surface area (Å²) in [6.07, 6.45) is 6.88. The molecule has 2 unspecified atom stereocenters. The highest BCUT2D eigenvalue weighted by atomic mass is 79.9. The molecule has 1 aromatic heterocycles. The van der Waals surface area contributed by atoms with E-state index in [4.69, 9.17) is 11.6 Å². The predicted octanol–water partition coefficient (Wildman–Crippen LogP) is 3.73. The number of nitrogens with one attached hydrogen (secondary N) is 1. The molecule has 1 aliphatic carbocycles. The first kappa shape index (κ1) is 13.3. The van der Waals surface area contributed by atoms with Gasteiger partial charge < -0.3 is 5.32 Å². The van der Waals surface area contributed by atoms with Crippen LogP contribution in [0.25, 0.3) is 0 Å². The van der Waals surface area contributed by atoms with Crippen molar-refractivity contribution in [3.8, 4) is 0 Å². The molecular weight excluding hydrogens is 300 g/mol. The van der Waals surface area contributed by atoms with Crippen molar-refractivity contribution in [1.82, 2.24) is 10.3 Å². The fraction of sp³-hybridized carbons (Fsp3) is 0.615. The molecule has 0 aromatic carbocycles. The van der Waals surface area contributed by atoms with E-state index in [0.717, 1.165) is 23.3 Å². The smallest absolute Gasteiger partial charge is 0.0542 e. The highest BCUT2D eigenvalue weighted by Crippen LogP contribution is 2.27. The van der Waals surface area contributed by atoms with E-state index in [1.165, 1.54) is 25.7 Å². The molecular formula is C13H18BrClN2. The van der Waals surface area contributed by atoms with E-state index in [9.17, 15) is 0 Å². The van der Waals surface area contributed by atoms with Gasteiger partial charge in [0.1, 0.15) is 0 Å². The lowest BCUT2D eigenvalue weighted by atomic mass is 9.89. The summed E-state index contributed by atoms with van der Waals surface area (Å²) in [6, 6.07) is 4.06. The molecule has 17 heavy (non-hydrogen) atoms. The van der Waals surface area contributed by atoms with Crippen molar-refractivity contribution in [1.29, 1.82) is 0 Å². The van der Waals surface area contributed by atoms with Crippen molar-refractivity contribution < 1.29 is 0 Å². The van der Waals surface area contributed by atoms with Crippen molar-refractivity contribution in [2.45, 2.75) is 37.6 Å². The SMILES string of the molecule is ClC1CCCCC1CNCc1ccc(Br)cn1. The topological polar surface area (TPSA) is 24.9 Å². The molecule has 1 aromatic rings. The number of pyridine rings is 1. The quantitative estimate of drug-likeness (QED) is 0.856. The lowest BCUT2D eigenvalue weighted by Gasteiger charge is -2.27. The van der Waals surface area contributed by atoms with Gasteiger partial charge >= 0.3 is 0 Å². The largest absolute Gasteiger partial charge is 0.311 e. The zero-order chi connectivity index (χ0) is 12.1. The van der Waals surface area contributed by atoms with Crippen LogP contribution in [-0.4, -0.2) is 16.9 Å². The van der Waals surface area contributed by atoms with Crippen LogP contribution < -0.4 is 5.32 Å². The first-order chi connectivity index (χ1) is 8.25. The van der Waals surface area contributed by atoms with Crippen molar-refractivity contribution >= 4 is 27.5 Å². The van der Waals surface area contributed by atoms with Crippen LogP contribution in [-0.2, 0) is 6.54 Å². The number of nitrogens with zero attached hydrogens (tertiary/aromatic N) is 1. The molecule has 1 fully saturated rings. The maximum Gasteiger partial charge on any atom is 0.0542 e. The van der Waals surface area contributed by atoms with Gasteiger partial charge in [0.2, 0.25) is 0 Å². The molecule has 2 atom stereocenters. The average Bonchev–Trinajstić information content (AvgIpc) is 2.34. The summed E-state index contributed by atoms with van der Waals surface area (Å²) in [5.41, 5.74) is 1.08. The van der Waals surface area contributed by atoms with Gasteiger partial charge in [0.25, 0.3) is 0 Å². The van der Waals surface area contributed by atoms with Gasteiger partial charge in [-0.05, 0) is 53.4 Å². The molecule has 1 heterocycles. The third-order valence-corrected chi connectivity index (χ3v) is 4.36. The summed E-state index contributed by atoms with van der Waals surface area (Å²) in [4.78, 5) is 4.34. The van der Waals surface area contributed by atoms with E-state index in [2.05, 4.69) is 26.2 Å². The van der Waals surface area contributed by atoms with E-state index in [1.807, 2.05) is 18.3 Å². The third kappa shape index (κ3) is 4.23. The van der Waals surface area contributed by atoms with Crippen LogP contribution in [0.5, 0.6) is 0 Å². The number of halogens is 2. The molecule has 1 aliphatic rings. The molecule has 0 bridgehead atoms. The minimum absolute atomic E-state index is 0.356. The van der Waals surface area contributed by atoms with Crippen LogP contribution in [0, 0.1) is 5.92 Å². The molecule has 0 aliphatic heterocycles. The molecule has 0 spiro atoms. The van der Waals surface area contributed by atoms with Crippen LogP contribution >= 0.6 is 27.5 Å². The molecule has 1 N–H and O–H groups in total. The summed E-state index contributed by atoms with van der Waals surface area (Å²) < 4.78 is 1.02. The maximum atomic E-state index is 6.32. The Bertz CT molecular complexity index is 342. The van der Waals surface area contributed by atoms with Gasteiger partial charge in [-0.15, -0.1) is 11.6 Å². The van der Waals surface area contributed by atoms with Gasteiger partial charge in [-0.2, -0.15) is 0 Å². The number of hydrogen-bond donors (Lipinski definition) is 1. The van der Waals surface area contributed by atoms with Gasteiger partial charge in [0.05, 0.1) is 5.69 Å². The summed E-state index contributed by atoms with van der Waals surface area (Å²) in [7, 11) is 0. The van der Waals surface area contributed by atoms with Crippen LogP contribution in [0.2, 0.25) is 0 Å². The Morgan fingerprint density at radius 1 is 1.35 bits per heavy atom. The van der Waals surface area contributed by atoms with Crippen molar-refractivity contribution in [2.75, 3.05) is 6.54 Å². The summed E-state index contributed by atoms with van der Waals surface area (Å²) >= 11 is 9.71. The van der Waals surface area contributed by atoms with Gasteiger partial charge in [0.15, 0.2) is 0 Å². The van der Waals surface area contributed by atoms with E-state index >= 15 is 0 Å². The summed E-state index contributed by atoms with van der Waals surface area (Å²) in [5.74, 6) is 0.626. The highest BCUT2D eigenvalue weighted by molar-refractivity contribution is 9.10. The predicted molar refractivity (Wildman–Crippen MR) is 75.2 cm³/mol. The Morgan fingerprint density at radius 3 is 2.88 bits per heavy atom. The standard InChI is InChI=1S/C13H18BrClN2/c14-11-5-6-12(17-8-11)9-16-7-10-3-1-2-4-13(10)15/h5-6,8,10,13,16H,1-4,7,9H2. The van der Waals surface area contributed by atoms with Gasteiger partial charge in [0, 0.05) is 22.6 Å². The Morgan fingerprint density at radius 2 is 2.18 bits per heavy atom. The maximum absolute atomic E-state index is 6.32. The second-order valence-electron chi connectivity index (χ2n) is 4.66. The second-order valence-corrected chi connectivity index (χ2v) is 6.14. The minimum atomic E-state index is 0.356. The zero-order valence-corrected chi connectivity index (χ0v) is 12.2. The van der Waals surface area contributed by atoms with Gasteiger partial charge in [-0.3, -0.25) is 4.98 Å². The average molecular weight is 318 g/mol. The first-order valence-corrected chi connectivity index (χ1v) is 7.44. The Labute approximate surface area is 116 Å². The normalized spacial score (nSPS) is 24.8. The fourth-order valence-corrected chi connectivity index (χ4v) is 2.89. The molecule has 0 saturated heterocycles. The van der Waals surface area contributed by atoms with Crippen LogP contribution in [0.1, 0.15) is 31.4 Å². The van der Waals surface area contributed by atoms with Crippen LogP contribution in [0.4, 0.5) is 0 Å². The van der Waals surface area contributed by atoms with Crippen LogP contribution in [0.3, 0.4) is 0 Å². The molecule has 4 heteroatoms. The molecule has 2 nitrogen and oxygen atoms in total. The lowest BCUT2D eigenvalue weighted by molar-refractivity contribution is 0.348. The summed E-state index contributed by atoms with van der Waals surface area (Å²) in [6.45, 7) is 1.83. The van der Waals surface area contributed by atoms with Gasteiger partial charge in [-0.25, -0.2) is 0 Å². The molecule has 0 amide bonds. The second kappa shape index (κ2) is 6.72. The molecule has 2 rings (SSSR count). The van der Waals surface area contributed by atoms with E-state index in [1.54, 1.807) is 0 Å². The Balaban J connectivity index is 1.73. The first-order valence-electron chi connectivity index (χ1n) is 6.21. The van der Waals surface area contributed by atoms with Crippen LogP contribution in [0.15, 0.2) is 22.8 Å². The molecule has 1 saturated carbocycles. The minimum Gasteiger partial charge on any atom is -0.311 e. The zero-order valence-electron chi connectivity index (χ0n) is 9.83. The van der Waals surface area contributed by atoms with Crippen molar-refractivity contribution in [2.24, 2.45) is 5.92 Å². The Kier molecular flexibility index (Phi) is 5.26.